The van der Waals surface area contributed by atoms with E-state index in [1.807, 2.05) is 0 Å². The summed E-state index contributed by atoms with van der Waals surface area (Å²) in [5.41, 5.74) is -0.147. The van der Waals surface area contributed by atoms with Gasteiger partial charge in [-0.3, -0.25) is 19.2 Å². The van der Waals surface area contributed by atoms with E-state index in [9.17, 15) is 9.59 Å². The van der Waals surface area contributed by atoms with Crippen molar-refractivity contribution in [3.05, 3.63) is 50.6 Å². The smallest absolute Gasteiger partial charge is 0.330 e. The molecule has 0 saturated heterocycles. The van der Waals surface area contributed by atoms with Gasteiger partial charge in [-0.05, 0) is 25.1 Å². The lowest BCUT2D eigenvalue weighted by atomic mass is 10.2. The second-order valence-electron chi connectivity index (χ2n) is 5.14. The molecule has 2 N–H and O–H groups in total. The van der Waals surface area contributed by atoms with Gasteiger partial charge in [-0.1, -0.05) is 6.92 Å². The highest BCUT2D eigenvalue weighted by Crippen LogP contribution is 2.18. The van der Waals surface area contributed by atoms with E-state index < -0.39 is 5.69 Å². The van der Waals surface area contributed by atoms with Gasteiger partial charge >= 0.3 is 5.69 Å². The highest BCUT2D eigenvalue weighted by molar-refractivity contribution is 5.45. The lowest BCUT2D eigenvalue weighted by Gasteiger charge is -2.30. The number of aromatic amines is 1. The fraction of sp³-hybridized carbons (Fsp3) is 0.429. The number of rotatable bonds is 4. The maximum absolute atomic E-state index is 12.1. The first-order chi connectivity index (χ1) is 10.2. The largest absolute Gasteiger partial charge is 0.467 e. The van der Waals surface area contributed by atoms with E-state index in [2.05, 4.69) is 22.1 Å². The van der Waals surface area contributed by atoms with E-state index in [0.717, 1.165) is 13.0 Å². The van der Waals surface area contributed by atoms with Crippen LogP contribution in [-0.4, -0.2) is 27.7 Å². The number of nitrogens with one attached hydrogen (secondary N) is 2. The van der Waals surface area contributed by atoms with Crippen LogP contribution in [0.4, 0.5) is 5.82 Å². The van der Waals surface area contributed by atoms with E-state index >= 15 is 0 Å². The second kappa shape index (κ2) is 5.61. The summed E-state index contributed by atoms with van der Waals surface area (Å²) in [6, 6.07) is 3.57. The Hall–Kier alpha value is -2.28. The van der Waals surface area contributed by atoms with Gasteiger partial charge in [0.25, 0.3) is 5.56 Å². The first-order valence-corrected chi connectivity index (χ1v) is 7.03. The van der Waals surface area contributed by atoms with Crippen molar-refractivity contribution in [1.82, 2.24) is 14.5 Å². The van der Waals surface area contributed by atoms with Crippen LogP contribution in [0.2, 0.25) is 0 Å². The maximum atomic E-state index is 12.1. The normalized spacial score (nSPS) is 14.7. The molecule has 0 atom stereocenters. The Morgan fingerprint density at radius 2 is 2.24 bits per heavy atom. The number of fused-ring (bicyclic) bond motifs is 1. The van der Waals surface area contributed by atoms with Crippen LogP contribution in [0.5, 0.6) is 0 Å². The van der Waals surface area contributed by atoms with E-state index in [1.54, 1.807) is 18.4 Å². The van der Waals surface area contributed by atoms with Crippen LogP contribution in [-0.2, 0) is 13.1 Å². The fourth-order valence-corrected chi connectivity index (χ4v) is 2.61. The summed E-state index contributed by atoms with van der Waals surface area (Å²) in [4.78, 5) is 28.6. The van der Waals surface area contributed by atoms with Gasteiger partial charge in [0.15, 0.2) is 0 Å². The van der Waals surface area contributed by atoms with Gasteiger partial charge in [-0.25, -0.2) is 4.79 Å². The molecule has 7 heteroatoms. The molecule has 0 unspecified atom stereocenters. The van der Waals surface area contributed by atoms with Crippen LogP contribution in [0.25, 0.3) is 0 Å². The van der Waals surface area contributed by atoms with Crippen molar-refractivity contribution in [1.29, 1.82) is 0 Å². The summed E-state index contributed by atoms with van der Waals surface area (Å²) in [7, 11) is 0. The van der Waals surface area contributed by atoms with Crippen LogP contribution in [0.15, 0.2) is 32.4 Å². The molecule has 0 radical (unpaired) electrons. The monoisotopic (exact) mass is 290 g/mol. The SMILES string of the molecule is CCCN1CNc2c(c(=O)[nH]c(=O)n2Cc2ccco2)C1. The molecule has 0 aliphatic carbocycles. The third-order valence-corrected chi connectivity index (χ3v) is 3.58. The number of anilines is 1. The Morgan fingerprint density at radius 1 is 1.38 bits per heavy atom. The summed E-state index contributed by atoms with van der Waals surface area (Å²) in [5, 5.41) is 3.19. The van der Waals surface area contributed by atoms with Crippen LogP contribution < -0.4 is 16.6 Å². The first-order valence-electron chi connectivity index (χ1n) is 7.03. The molecule has 21 heavy (non-hydrogen) atoms. The Labute approximate surface area is 121 Å². The minimum atomic E-state index is -0.424. The number of hydrogen-bond donors (Lipinski definition) is 2. The third-order valence-electron chi connectivity index (χ3n) is 3.58. The van der Waals surface area contributed by atoms with Crippen molar-refractivity contribution < 1.29 is 4.42 Å². The van der Waals surface area contributed by atoms with Crippen molar-refractivity contribution in [2.45, 2.75) is 26.4 Å². The minimum Gasteiger partial charge on any atom is -0.467 e. The average Bonchev–Trinajstić information content (AvgIpc) is 2.97. The summed E-state index contributed by atoms with van der Waals surface area (Å²) in [5.74, 6) is 1.26. The summed E-state index contributed by atoms with van der Waals surface area (Å²) in [6.45, 7) is 4.47. The summed E-state index contributed by atoms with van der Waals surface area (Å²) >= 11 is 0. The summed E-state index contributed by atoms with van der Waals surface area (Å²) < 4.78 is 6.80. The Kier molecular flexibility index (Phi) is 3.66. The van der Waals surface area contributed by atoms with E-state index in [0.29, 0.717) is 36.9 Å². The molecule has 0 aromatic carbocycles. The standard InChI is InChI=1S/C14H18N4O3/c1-2-5-17-8-11-12(15-9-17)18(14(20)16-13(11)19)7-10-4-3-6-21-10/h3-4,6,15H,2,5,7-9H2,1H3,(H,16,19,20). The lowest BCUT2D eigenvalue weighted by molar-refractivity contribution is 0.271. The lowest BCUT2D eigenvalue weighted by Crippen LogP contribution is -2.43. The molecule has 3 heterocycles. The molecule has 0 spiro atoms. The Bertz CT molecular complexity index is 730. The number of aromatic nitrogens is 2. The topological polar surface area (TPSA) is 83.3 Å². The van der Waals surface area contributed by atoms with Crippen LogP contribution in [0.1, 0.15) is 24.7 Å². The molecule has 2 aromatic heterocycles. The van der Waals surface area contributed by atoms with Crippen molar-refractivity contribution in [2.24, 2.45) is 0 Å². The molecule has 1 aliphatic heterocycles. The van der Waals surface area contributed by atoms with Gasteiger partial charge in [0.1, 0.15) is 11.6 Å². The van der Waals surface area contributed by atoms with E-state index in [-0.39, 0.29) is 5.56 Å². The number of nitrogens with zero attached hydrogens (tertiary/aromatic N) is 2. The molecule has 1 aliphatic rings. The number of hydrogen-bond acceptors (Lipinski definition) is 5. The minimum absolute atomic E-state index is 0.297. The van der Waals surface area contributed by atoms with Crippen molar-refractivity contribution in [3.63, 3.8) is 0 Å². The van der Waals surface area contributed by atoms with Crippen molar-refractivity contribution in [3.8, 4) is 0 Å². The molecule has 2 aromatic rings. The highest BCUT2D eigenvalue weighted by atomic mass is 16.3. The van der Waals surface area contributed by atoms with Gasteiger partial charge in [-0.15, -0.1) is 0 Å². The molecule has 0 fully saturated rings. The number of furan rings is 1. The Balaban J connectivity index is 2.00. The maximum Gasteiger partial charge on any atom is 0.330 e. The molecular formula is C14H18N4O3. The average molecular weight is 290 g/mol. The molecule has 0 saturated carbocycles. The zero-order valence-electron chi connectivity index (χ0n) is 11.9. The zero-order valence-corrected chi connectivity index (χ0v) is 11.9. The van der Waals surface area contributed by atoms with E-state index in [4.69, 9.17) is 4.42 Å². The molecular weight excluding hydrogens is 272 g/mol. The van der Waals surface area contributed by atoms with Gasteiger partial charge in [-0.2, -0.15) is 0 Å². The predicted molar refractivity (Wildman–Crippen MR) is 78.3 cm³/mol. The number of H-pyrrole nitrogens is 1. The highest BCUT2D eigenvalue weighted by Gasteiger charge is 2.22. The van der Waals surface area contributed by atoms with Crippen molar-refractivity contribution >= 4 is 5.82 Å². The second-order valence-corrected chi connectivity index (χ2v) is 5.14. The third kappa shape index (κ3) is 2.64. The van der Waals surface area contributed by atoms with Crippen LogP contribution >= 0.6 is 0 Å². The van der Waals surface area contributed by atoms with Crippen molar-refractivity contribution in [2.75, 3.05) is 18.5 Å². The summed E-state index contributed by atoms with van der Waals surface area (Å²) in [6.07, 6.45) is 2.58. The molecule has 0 amide bonds. The molecule has 7 nitrogen and oxygen atoms in total. The molecule has 3 rings (SSSR count). The van der Waals surface area contributed by atoms with Crippen LogP contribution in [0.3, 0.4) is 0 Å². The molecule has 112 valence electrons. The zero-order chi connectivity index (χ0) is 14.8. The van der Waals surface area contributed by atoms with Gasteiger partial charge in [0, 0.05) is 6.54 Å². The predicted octanol–water partition coefficient (Wildman–Crippen LogP) is 0.773. The first kappa shape index (κ1) is 13.7. The van der Waals surface area contributed by atoms with Gasteiger partial charge in [0.2, 0.25) is 0 Å². The molecule has 0 bridgehead atoms. The fourth-order valence-electron chi connectivity index (χ4n) is 2.61. The Morgan fingerprint density at radius 3 is 2.95 bits per heavy atom. The van der Waals surface area contributed by atoms with Crippen LogP contribution in [0, 0.1) is 0 Å². The van der Waals surface area contributed by atoms with Gasteiger partial charge < -0.3 is 9.73 Å². The van der Waals surface area contributed by atoms with Gasteiger partial charge in [0.05, 0.1) is 25.0 Å². The quantitative estimate of drug-likeness (QED) is 0.869. The van der Waals surface area contributed by atoms with E-state index in [1.165, 1.54) is 4.57 Å².